The van der Waals surface area contributed by atoms with E-state index in [-0.39, 0.29) is 6.10 Å². The molecule has 0 aliphatic carbocycles. The Morgan fingerprint density at radius 1 is 1.23 bits per heavy atom. The van der Waals surface area contributed by atoms with Crippen LogP contribution in [0.5, 0.6) is 5.75 Å². The van der Waals surface area contributed by atoms with E-state index in [2.05, 4.69) is 0 Å². The molecular formula is C16H22O6. The first-order chi connectivity index (χ1) is 10.5. The highest BCUT2D eigenvalue weighted by Gasteiger charge is 2.48. The highest BCUT2D eigenvalue weighted by molar-refractivity contribution is 5.28. The van der Waals surface area contributed by atoms with Gasteiger partial charge in [-0.15, -0.1) is 0 Å². The Balaban J connectivity index is 1.71. The van der Waals surface area contributed by atoms with Crippen molar-refractivity contribution in [1.29, 1.82) is 0 Å². The van der Waals surface area contributed by atoms with Gasteiger partial charge in [0.25, 0.3) is 0 Å². The molecule has 0 unspecified atom stereocenters. The van der Waals surface area contributed by atoms with Gasteiger partial charge in [-0.25, -0.2) is 0 Å². The zero-order chi connectivity index (χ0) is 15.7. The van der Waals surface area contributed by atoms with Crippen molar-refractivity contribution < 1.29 is 28.8 Å². The smallest absolute Gasteiger partial charge is 0.184 e. The quantitative estimate of drug-likeness (QED) is 0.915. The molecule has 0 saturated carbocycles. The molecule has 3 rings (SSSR count). The lowest BCUT2D eigenvalue weighted by Crippen LogP contribution is -2.59. The van der Waals surface area contributed by atoms with Crippen molar-refractivity contribution in [3.8, 4) is 5.75 Å². The number of fused-ring (bicyclic) bond motifs is 1. The molecule has 0 aromatic heterocycles. The number of ether oxygens (including phenoxy) is 5. The van der Waals surface area contributed by atoms with Gasteiger partial charge < -0.3 is 28.8 Å². The van der Waals surface area contributed by atoms with Crippen molar-refractivity contribution in [3.63, 3.8) is 0 Å². The fraction of sp³-hybridized carbons (Fsp3) is 0.625. The third-order valence-corrected chi connectivity index (χ3v) is 4.24. The van der Waals surface area contributed by atoms with Crippen LogP contribution < -0.4 is 4.74 Å². The van der Waals surface area contributed by atoms with Crippen LogP contribution in [0.4, 0.5) is 0 Å². The lowest BCUT2D eigenvalue weighted by atomic mass is 9.95. The van der Waals surface area contributed by atoms with Crippen molar-refractivity contribution in [2.75, 3.05) is 20.8 Å². The van der Waals surface area contributed by atoms with Crippen LogP contribution in [-0.4, -0.2) is 50.0 Å². The maximum absolute atomic E-state index is 10.4. The third kappa shape index (κ3) is 2.98. The Hall–Kier alpha value is -1.18. The fourth-order valence-electron chi connectivity index (χ4n) is 2.92. The maximum atomic E-state index is 10.4. The third-order valence-electron chi connectivity index (χ3n) is 4.24. The van der Waals surface area contributed by atoms with Crippen molar-refractivity contribution in [1.82, 2.24) is 0 Å². The summed E-state index contributed by atoms with van der Waals surface area (Å²) in [5.74, 6) is -0.0328. The predicted molar refractivity (Wildman–Crippen MR) is 77.5 cm³/mol. The molecule has 122 valence electrons. The number of methoxy groups -OCH3 is 2. The van der Waals surface area contributed by atoms with Crippen LogP contribution in [0.1, 0.15) is 25.2 Å². The van der Waals surface area contributed by atoms with Crippen LogP contribution in [-0.2, 0) is 18.9 Å². The standard InChI is InChI=1S/C16H22O6/c1-16(19-3)8-12(17)14-13(22-16)9-20-15(21-14)10-4-6-11(18-2)7-5-10/h4-7,12-15,17H,8-9H2,1-3H3/t12-,13-,14+,15-,16+/m1/s1. The van der Waals surface area contributed by atoms with Crippen LogP contribution >= 0.6 is 0 Å². The Kier molecular flexibility index (Phi) is 4.38. The van der Waals surface area contributed by atoms with Crippen LogP contribution in [0.3, 0.4) is 0 Å². The summed E-state index contributed by atoms with van der Waals surface area (Å²) in [6.07, 6.45) is -1.59. The van der Waals surface area contributed by atoms with Gasteiger partial charge in [0.2, 0.25) is 0 Å². The van der Waals surface area contributed by atoms with E-state index in [4.69, 9.17) is 23.7 Å². The zero-order valence-corrected chi connectivity index (χ0v) is 13.0. The van der Waals surface area contributed by atoms with Gasteiger partial charge in [-0.3, -0.25) is 0 Å². The van der Waals surface area contributed by atoms with Gasteiger partial charge in [-0.05, 0) is 19.1 Å². The molecule has 5 atom stereocenters. The minimum Gasteiger partial charge on any atom is -0.497 e. The van der Waals surface area contributed by atoms with Gasteiger partial charge in [-0.1, -0.05) is 12.1 Å². The second kappa shape index (κ2) is 6.14. The zero-order valence-electron chi connectivity index (χ0n) is 13.0. The number of aliphatic hydroxyl groups is 1. The lowest BCUT2D eigenvalue weighted by Gasteiger charge is -2.47. The van der Waals surface area contributed by atoms with Gasteiger partial charge in [-0.2, -0.15) is 0 Å². The van der Waals surface area contributed by atoms with E-state index in [1.165, 1.54) is 0 Å². The molecule has 0 radical (unpaired) electrons. The van der Waals surface area contributed by atoms with Crippen LogP contribution in [0.15, 0.2) is 24.3 Å². The van der Waals surface area contributed by atoms with E-state index in [1.807, 2.05) is 31.2 Å². The summed E-state index contributed by atoms with van der Waals surface area (Å²) < 4.78 is 28.0. The minimum absolute atomic E-state index is 0.344. The van der Waals surface area contributed by atoms with Gasteiger partial charge in [0, 0.05) is 19.1 Å². The van der Waals surface area contributed by atoms with E-state index in [1.54, 1.807) is 14.2 Å². The first-order valence-corrected chi connectivity index (χ1v) is 7.37. The summed E-state index contributed by atoms with van der Waals surface area (Å²) in [6, 6.07) is 7.48. The molecule has 2 heterocycles. The second-order valence-corrected chi connectivity index (χ2v) is 5.80. The van der Waals surface area contributed by atoms with Crippen molar-refractivity contribution in [2.45, 2.75) is 43.7 Å². The molecule has 1 aromatic carbocycles. The molecule has 2 saturated heterocycles. The highest BCUT2D eigenvalue weighted by atomic mass is 16.8. The van der Waals surface area contributed by atoms with E-state index in [0.717, 1.165) is 11.3 Å². The molecule has 0 spiro atoms. The molecule has 2 fully saturated rings. The lowest BCUT2D eigenvalue weighted by molar-refractivity contribution is -0.364. The van der Waals surface area contributed by atoms with E-state index < -0.39 is 24.3 Å². The van der Waals surface area contributed by atoms with E-state index >= 15 is 0 Å². The van der Waals surface area contributed by atoms with E-state index in [0.29, 0.717) is 13.0 Å². The first kappa shape index (κ1) is 15.7. The minimum atomic E-state index is -0.805. The van der Waals surface area contributed by atoms with Gasteiger partial charge in [0.15, 0.2) is 12.1 Å². The maximum Gasteiger partial charge on any atom is 0.184 e. The molecule has 6 heteroatoms. The molecule has 0 bridgehead atoms. The molecule has 6 nitrogen and oxygen atoms in total. The van der Waals surface area contributed by atoms with Crippen molar-refractivity contribution in [2.24, 2.45) is 0 Å². The largest absolute Gasteiger partial charge is 0.497 e. The summed E-state index contributed by atoms with van der Waals surface area (Å²) in [6.45, 7) is 2.15. The molecule has 1 aromatic rings. The number of benzene rings is 1. The molecule has 2 aliphatic heterocycles. The molecule has 1 N–H and O–H groups in total. The second-order valence-electron chi connectivity index (χ2n) is 5.80. The number of hydrogen-bond donors (Lipinski definition) is 1. The fourth-order valence-corrected chi connectivity index (χ4v) is 2.92. The monoisotopic (exact) mass is 310 g/mol. The van der Waals surface area contributed by atoms with Crippen molar-refractivity contribution in [3.05, 3.63) is 29.8 Å². The molecule has 2 aliphatic rings. The summed E-state index contributed by atoms with van der Waals surface area (Å²) in [5.41, 5.74) is 0.881. The summed E-state index contributed by atoms with van der Waals surface area (Å²) >= 11 is 0. The van der Waals surface area contributed by atoms with Crippen LogP contribution in [0, 0.1) is 0 Å². The molecule has 0 amide bonds. The van der Waals surface area contributed by atoms with Gasteiger partial charge >= 0.3 is 0 Å². The average molecular weight is 310 g/mol. The SMILES string of the molecule is COc1ccc([C@@H]2OC[C@H]3O[C@](C)(OC)C[C@@H](O)[C@@H]3O2)cc1. The van der Waals surface area contributed by atoms with Gasteiger partial charge in [0.1, 0.15) is 18.0 Å². The average Bonchev–Trinajstić information content (AvgIpc) is 2.55. The Labute approximate surface area is 129 Å². The van der Waals surface area contributed by atoms with Gasteiger partial charge in [0.05, 0.1) is 19.8 Å². The Morgan fingerprint density at radius 2 is 1.95 bits per heavy atom. The summed E-state index contributed by atoms with van der Waals surface area (Å²) in [4.78, 5) is 0. The number of hydrogen-bond acceptors (Lipinski definition) is 6. The van der Waals surface area contributed by atoms with Crippen LogP contribution in [0.2, 0.25) is 0 Å². The number of aliphatic hydroxyl groups excluding tert-OH is 1. The molecular weight excluding hydrogens is 288 g/mol. The summed E-state index contributed by atoms with van der Waals surface area (Å²) in [5, 5.41) is 10.4. The topological polar surface area (TPSA) is 66.4 Å². The Morgan fingerprint density at radius 3 is 2.59 bits per heavy atom. The highest BCUT2D eigenvalue weighted by Crippen LogP contribution is 2.37. The van der Waals surface area contributed by atoms with Crippen molar-refractivity contribution >= 4 is 0 Å². The van der Waals surface area contributed by atoms with E-state index in [9.17, 15) is 5.11 Å². The molecule has 22 heavy (non-hydrogen) atoms. The summed E-state index contributed by atoms with van der Waals surface area (Å²) in [7, 11) is 3.19. The normalized spacial score (nSPS) is 38.4. The Bertz CT molecular complexity index is 504. The number of rotatable bonds is 3. The first-order valence-electron chi connectivity index (χ1n) is 7.37. The van der Waals surface area contributed by atoms with Crippen LogP contribution in [0.25, 0.3) is 0 Å². The predicted octanol–water partition coefficient (Wildman–Crippen LogP) is 1.62.